The molecule has 0 amide bonds. The average molecular weight is 249 g/mol. The average Bonchev–Trinajstić information content (AvgIpc) is 2.79. The van der Waals surface area contributed by atoms with Crippen LogP contribution >= 0.6 is 0 Å². The summed E-state index contributed by atoms with van der Waals surface area (Å²) in [4.78, 5) is 9.97. The smallest absolute Gasteiger partial charge is 0.296 e. The Morgan fingerprint density at radius 1 is 1.33 bits per heavy atom. The fourth-order valence-corrected chi connectivity index (χ4v) is 1.57. The van der Waals surface area contributed by atoms with Gasteiger partial charge in [0.1, 0.15) is 11.8 Å². The van der Waals surface area contributed by atoms with Crippen LogP contribution in [0.5, 0.6) is 0 Å². The van der Waals surface area contributed by atoms with Crippen LogP contribution in [-0.2, 0) is 0 Å². The number of nitrogens with zero attached hydrogens (tertiary/aromatic N) is 3. The lowest BCUT2D eigenvalue weighted by Gasteiger charge is -2.07. The summed E-state index contributed by atoms with van der Waals surface area (Å²) in [5.74, 6) is -2.58. The predicted molar refractivity (Wildman–Crippen MR) is 57.1 cm³/mol. The topological polar surface area (TPSA) is 71.9 Å². The quantitative estimate of drug-likeness (QED) is 0.606. The second-order valence-electron chi connectivity index (χ2n) is 3.36. The molecule has 90 valence electrons. The van der Waals surface area contributed by atoms with Gasteiger partial charge in [-0.1, -0.05) is 0 Å². The van der Waals surface area contributed by atoms with E-state index in [0.29, 0.717) is 6.07 Å². The SMILES string of the molecule is N#Cc1cccn1-c1c([N+](=O)[O-])ccc(F)c1F. The molecule has 2 rings (SSSR count). The number of nitro groups is 1. The third kappa shape index (κ3) is 1.69. The minimum absolute atomic E-state index is 0.0254. The first kappa shape index (κ1) is 11.7. The van der Waals surface area contributed by atoms with E-state index in [4.69, 9.17) is 5.26 Å². The molecule has 0 aliphatic rings. The van der Waals surface area contributed by atoms with Crippen LogP contribution < -0.4 is 0 Å². The second kappa shape index (κ2) is 4.25. The van der Waals surface area contributed by atoms with E-state index in [1.807, 2.05) is 0 Å². The zero-order valence-electron chi connectivity index (χ0n) is 8.80. The fraction of sp³-hybridized carbons (Fsp3) is 0. The van der Waals surface area contributed by atoms with Crippen LogP contribution in [0.3, 0.4) is 0 Å². The second-order valence-corrected chi connectivity index (χ2v) is 3.36. The molecular weight excluding hydrogens is 244 g/mol. The monoisotopic (exact) mass is 249 g/mol. The van der Waals surface area contributed by atoms with Crippen molar-refractivity contribution >= 4 is 5.69 Å². The van der Waals surface area contributed by atoms with Gasteiger partial charge in [0.25, 0.3) is 5.69 Å². The van der Waals surface area contributed by atoms with Crippen molar-refractivity contribution in [1.82, 2.24) is 4.57 Å². The molecule has 0 aliphatic carbocycles. The molecule has 0 aliphatic heterocycles. The molecule has 2 aromatic rings. The highest BCUT2D eigenvalue weighted by molar-refractivity contribution is 5.55. The molecule has 0 unspecified atom stereocenters. The Kier molecular flexibility index (Phi) is 2.77. The number of nitriles is 1. The lowest BCUT2D eigenvalue weighted by atomic mass is 10.2. The van der Waals surface area contributed by atoms with Gasteiger partial charge >= 0.3 is 0 Å². The number of benzene rings is 1. The highest BCUT2D eigenvalue weighted by Gasteiger charge is 2.24. The van der Waals surface area contributed by atoms with E-state index in [-0.39, 0.29) is 5.69 Å². The van der Waals surface area contributed by atoms with Gasteiger partial charge in [-0.15, -0.1) is 0 Å². The van der Waals surface area contributed by atoms with Crippen molar-refractivity contribution in [2.75, 3.05) is 0 Å². The van der Waals surface area contributed by atoms with Crippen molar-refractivity contribution in [2.45, 2.75) is 0 Å². The molecule has 1 aromatic heterocycles. The lowest BCUT2D eigenvalue weighted by Crippen LogP contribution is -2.05. The molecule has 0 fully saturated rings. The van der Waals surface area contributed by atoms with Gasteiger partial charge in [-0.3, -0.25) is 14.7 Å². The summed E-state index contributed by atoms with van der Waals surface area (Å²) in [6.07, 6.45) is 1.25. The normalized spacial score (nSPS) is 10.1. The van der Waals surface area contributed by atoms with Gasteiger partial charge in [-0.25, -0.2) is 8.78 Å². The number of hydrogen-bond acceptors (Lipinski definition) is 3. The van der Waals surface area contributed by atoms with Crippen LogP contribution in [0.15, 0.2) is 30.5 Å². The molecule has 0 saturated carbocycles. The summed E-state index contributed by atoms with van der Waals surface area (Å²) < 4.78 is 27.8. The molecule has 18 heavy (non-hydrogen) atoms. The van der Waals surface area contributed by atoms with Gasteiger partial charge in [0.2, 0.25) is 0 Å². The van der Waals surface area contributed by atoms with Crippen LogP contribution in [0.2, 0.25) is 0 Å². The first-order valence-corrected chi connectivity index (χ1v) is 4.76. The minimum Gasteiger partial charge on any atom is -0.300 e. The van der Waals surface area contributed by atoms with Gasteiger partial charge < -0.3 is 0 Å². The van der Waals surface area contributed by atoms with Gasteiger partial charge in [0.15, 0.2) is 17.3 Å². The van der Waals surface area contributed by atoms with Crippen LogP contribution in [-0.4, -0.2) is 9.49 Å². The molecule has 0 N–H and O–H groups in total. The molecule has 0 saturated heterocycles. The van der Waals surface area contributed by atoms with E-state index >= 15 is 0 Å². The van der Waals surface area contributed by atoms with Crippen LogP contribution in [0.1, 0.15) is 5.69 Å². The number of hydrogen-bond donors (Lipinski definition) is 0. The highest BCUT2D eigenvalue weighted by Crippen LogP contribution is 2.28. The summed E-state index contributed by atoms with van der Waals surface area (Å²) in [5.41, 5.74) is -1.22. The molecule has 0 spiro atoms. The maximum atomic E-state index is 13.7. The van der Waals surface area contributed by atoms with Crippen molar-refractivity contribution < 1.29 is 13.7 Å². The van der Waals surface area contributed by atoms with E-state index in [0.717, 1.165) is 10.6 Å². The molecule has 0 atom stereocenters. The molecule has 1 heterocycles. The van der Waals surface area contributed by atoms with Crippen molar-refractivity contribution in [3.63, 3.8) is 0 Å². The summed E-state index contributed by atoms with van der Waals surface area (Å²) in [6.45, 7) is 0. The Hall–Kier alpha value is -2.75. The third-order valence-corrected chi connectivity index (χ3v) is 2.35. The van der Waals surface area contributed by atoms with Gasteiger partial charge in [0.05, 0.1) is 4.92 Å². The first-order chi connectivity index (χ1) is 8.56. The van der Waals surface area contributed by atoms with E-state index < -0.39 is 27.9 Å². The zero-order chi connectivity index (χ0) is 13.3. The lowest BCUT2D eigenvalue weighted by molar-refractivity contribution is -0.384. The van der Waals surface area contributed by atoms with E-state index in [1.54, 1.807) is 6.07 Å². The zero-order valence-corrected chi connectivity index (χ0v) is 8.80. The molecule has 0 radical (unpaired) electrons. The maximum Gasteiger partial charge on any atom is 0.296 e. The molecule has 5 nitrogen and oxygen atoms in total. The van der Waals surface area contributed by atoms with E-state index in [9.17, 15) is 18.9 Å². The van der Waals surface area contributed by atoms with Crippen molar-refractivity contribution in [3.8, 4) is 11.8 Å². The number of halogens is 2. The number of nitro benzene ring substituents is 1. The summed E-state index contributed by atoms with van der Waals surface area (Å²) >= 11 is 0. The Morgan fingerprint density at radius 3 is 2.67 bits per heavy atom. The highest BCUT2D eigenvalue weighted by atomic mass is 19.2. The molecule has 7 heteroatoms. The number of aromatic nitrogens is 1. The predicted octanol–water partition coefficient (Wildman–Crippen LogP) is 2.54. The van der Waals surface area contributed by atoms with E-state index in [1.165, 1.54) is 18.3 Å². The molecule has 1 aromatic carbocycles. The van der Waals surface area contributed by atoms with Crippen LogP contribution in [0.25, 0.3) is 5.69 Å². The molecule has 0 bridgehead atoms. The minimum atomic E-state index is -1.36. The fourth-order valence-electron chi connectivity index (χ4n) is 1.57. The summed E-state index contributed by atoms with van der Waals surface area (Å²) in [7, 11) is 0. The maximum absolute atomic E-state index is 13.7. The first-order valence-electron chi connectivity index (χ1n) is 4.76. The van der Waals surface area contributed by atoms with Gasteiger partial charge in [-0.2, -0.15) is 5.26 Å². The van der Waals surface area contributed by atoms with Crippen molar-refractivity contribution in [3.05, 3.63) is 57.9 Å². The van der Waals surface area contributed by atoms with Crippen LogP contribution in [0, 0.1) is 33.1 Å². The summed E-state index contributed by atoms with van der Waals surface area (Å²) in [6, 6.07) is 6.02. The van der Waals surface area contributed by atoms with Gasteiger partial charge in [0, 0.05) is 12.3 Å². The van der Waals surface area contributed by atoms with Crippen molar-refractivity contribution in [2.24, 2.45) is 0 Å². The summed E-state index contributed by atoms with van der Waals surface area (Å²) in [5, 5.41) is 19.6. The third-order valence-electron chi connectivity index (χ3n) is 2.35. The Bertz CT molecular complexity index is 673. The van der Waals surface area contributed by atoms with Gasteiger partial charge in [-0.05, 0) is 18.2 Å². The van der Waals surface area contributed by atoms with Crippen molar-refractivity contribution in [1.29, 1.82) is 5.26 Å². The van der Waals surface area contributed by atoms with Crippen LogP contribution in [0.4, 0.5) is 14.5 Å². The Labute approximate surface area is 99.6 Å². The van der Waals surface area contributed by atoms with E-state index in [2.05, 4.69) is 0 Å². The largest absolute Gasteiger partial charge is 0.300 e. The Balaban J connectivity index is 2.81. The standard InChI is InChI=1S/C11H5F2N3O2/c12-8-3-4-9(16(17)18)11(10(8)13)15-5-1-2-7(15)6-14/h1-5H. The number of rotatable bonds is 2. The Morgan fingerprint density at radius 2 is 2.06 bits per heavy atom. The molecular formula is C11H5F2N3O2.